The van der Waals surface area contributed by atoms with Crippen LogP contribution in [0.1, 0.15) is 57.2 Å². The molecule has 0 fully saturated rings. The van der Waals surface area contributed by atoms with Crippen LogP contribution in [0.15, 0.2) is 40.9 Å². The Morgan fingerprint density at radius 3 is 2.17 bits per heavy atom. The highest BCUT2D eigenvalue weighted by Crippen LogP contribution is 2.46. The van der Waals surface area contributed by atoms with Gasteiger partial charge in [0.2, 0.25) is 0 Å². The zero-order valence-electron chi connectivity index (χ0n) is 14.4. The standard InChI is InChI=1S/C21H25BrO/c1-20(2)7-8-21(3,4)19-12-15(5-6-18(19)20)16-9-14(13-23)10-17(22)11-16/h5-6,9-12,23H,7-8,13H2,1-4H3. The van der Waals surface area contributed by atoms with Crippen LogP contribution in [0.2, 0.25) is 0 Å². The van der Waals surface area contributed by atoms with E-state index >= 15 is 0 Å². The summed E-state index contributed by atoms with van der Waals surface area (Å²) in [6, 6.07) is 13.1. The summed E-state index contributed by atoms with van der Waals surface area (Å²) in [6.07, 6.45) is 2.45. The van der Waals surface area contributed by atoms with E-state index in [0.717, 1.165) is 15.6 Å². The molecule has 1 nitrogen and oxygen atoms in total. The van der Waals surface area contributed by atoms with E-state index in [1.54, 1.807) is 0 Å². The molecule has 23 heavy (non-hydrogen) atoms. The average molecular weight is 373 g/mol. The molecule has 3 rings (SSSR count). The first kappa shape index (κ1) is 16.7. The van der Waals surface area contributed by atoms with E-state index < -0.39 is 0 Å². The van der Waals surface area contributed by atoms with Crippen LogP contribution in [0.25, 0.3) is 11.1 Å². The molecule has 0 aliphatic heterocycles. The second-order valence-electron chi connectivity index (χ2n) is 8.03. The van der Waals surface area contributed by atoms with Crippen LogP contribution >= 0.6 is 15.9 Å². The average Bonchev–Trinajstić information content (AvgIpc) is 2.51. The van der Waals surface area contributed by atoms with E-state index in [1.807, 2.05) is 6.07 Å². The molecule has 2 aromatic carbocycles. The Morgan fingerprint density at radius 1 is 0.870 bits per heavy atom. The Labute approximate surface area is 147 Å². The van der Waals surface area contributed by atoms with Crippen molar-refractivity contribution in [2.45, 2.75) is 58.0 Å². The summed E-state index contributed by atoms with van der Waals surface area (Å²) in [4.78, 5) is 0. The van der Waals surface area contributed by atoms with Crippen molar-refractivity contribution in [1.82, 2.24) is 0 Å². The number of hydrogen-bond acceptors (Lipinski definition) is 1. The minimum Gasteiger partial charge on any atom is -0.392 e. The molecular formula is C21H25BrO. The van der Waals surface area contributed by atoms with Crippen molar-refractivity contribution in [1.29, 1.82) is 0 Å². The maximum absolute atomic E-state index is 9.46. The summed E-state index contributed by atoms with van der Waals surface area (Å²) in [5.41, 5.74) is 6.73. The van der Waals surface area contributed by atoms with Gasteiger partial charge in [-0.3, -0.25) is 0 Å². The molecule has 1 aliphatic carbocycles. The highest BCUT2D eigenvalue weighted by atomic mass is 79.9. The van der Waals surface area contributed by atoms with Crippen LogP contribution in [0.5, 0.6) is 0 Å². The highest BCUT2D eigenvalue weighted by molar-refractivity contribution is 9.10. The van der Waals surface area contributed by atoms with Gasteiger partial charge in [0.25, 0.3) is 0 Å². The van der Waals surface area contributed by atoms with Crippen LogP contribution in [-0.4, -0.2) is 5.11 Å². The van der Waals surface area contributed by atoms with Gasteiger partial charge in [0.1, 0.15) is 0 Å². The SMILES string of the molecule is CC1(C)CCC(C)(C)c2cc(-c3cc(Br)cc(CO)c3)ccc21. The summed E-state index contributed by atoms with van der Waals surface area (Å²) in [5, 5.41) is 9.46. The summed E-state index contributed by atoms with van der Waals surface area (Å²) >= 11 is 3.56. The Bertz CT molecular complexity index is 744. The third-order valence-corrected chi connectivity index (χ3v) is 5.78. The summed E-state index contributed by atoms with van der Waals surface area (Å²) < 4.78 is 1.01. The van der Waals surface area contributed by atoms with Crippen LogP contribution in [0.4, 0.5) is 0 Å². The summed E-state index contributed by atoms with van der Waals surface area (Å²) in [5.74, 6) is 0. The molecule has 2 heteroatoms. The van der Waals surface area contributed by atoms with Gasteiger partial charge in [-0.1, -0.05) is 61.8 Å². The fourth-order valence-electron chi connectivity index (χ4n) is 3.68. The first-order chi connectivity index (χ1) is 10.7. The van der Waals surface area contributed by atoms with Crippen LogP contribution in [-0.2, 0) is 17.4 Å². The van der Waals surface area contributed by atoms with E-state index in [9.17, 15) is 5.11 Å². The molecule has 0 amide bonds. The van der Waals surface area contributed by atoms with Crippen LogP contribution < -0.4 is 0 Å². The van der Waals surface area contributed by atoms with Crippen molar-refractivity contribution >= 4 is 15.9 Å². The lowest BCUT2D eigenvalue weighted by molar-refractivity contribution is 0.282. The first-order valence-corrected chi connectivity index (χ1v) is 9.08. The van der Waals surface area contributed by atoms with E-state index in [1.165, 1.54) is 29.5 Å². The molecule has 0 aromatic heterocycles. The van der Waals surface area contributed by atoms with E-state index in [2.05, 4.69) is 74.0 Å². The molecule has 2 aromatic rings. The minimum absolute atomic E-state index is 0.0654. The molecule has 1 aliphatic rings. The fraction of sp³-hybridized carbons (Fsp3) is 0.429. The van der Waals surface area contributed by atoms with Crippen molar-refractivity contribution in [2.24, 2.45) is 0 Å². The van der Waals surface area contributed by atoms with E-state index in [4.69, 9.17) is 0 Å². The third-order valence-electron chi connectivity index (χ3n) is 5.33. The van der Waals surface area contributed by atoms with Crippen molar-refractivity contribution in [2.75, 3.05) is 0 Å². The minimum atomic E-state index is 0.0654. The number of halogens is 1. The maximum atomic E-state index is 9.46. The van der Waals surface area contributed by atoms with Crippen molar-refractivity contribution < 1.29 is 5.11 Å². The van der Waals surface area contributed by atoms with Gasteiger partial charge in [0.05, 0.1) is 6.61 Å². The van der Waals surface area contributed by atoms with E-state index in [-0.39, 0.29) is 17.4 Å². The molecule has 0 unspecified atom stereocenters. The molecule has 0 radical (unpaired) electrons. The monoisotopic (exact) mass is 372 g/mol. The number of aliphatic hydroxyl groups is 1. The molecule has 0 heterocycles. The fourth-order valence-corrected chi connectivity index (χ4v) is 4.22. The topological polar surface area (TPSA) is 20.2 Å². The Kier molecular flexibility index (Phi) is 4.18. The largest absolute Gasteiger partial charge is 0.392 e. The van der Waals surface area contributed by atoms with Crippen molar-refractivity contribution in [3.63, 3.8) is 0 Å². The maximum Gasteiger partial charge on any atom is 0.0682 e. The molecule has 1 N–H and O–H groups in total. The second-order valence-corrected chi connectivity index (χ2v) is 8.95. The molecule has 122 valence electrons. The zero-order valence-corrected chi connectivity index (χ0v) is 16.0. The second kappa shape index (κ2) is 5.75. The zero-order chi connectivity index (χ0) is 16.8. The number of aliphatic hydroxyl groups excluding tert-OH is 1. The Hall–Kier alpha value is -1.12. The molecule has 0 bridgehead atoms. The predicted molar refractivity (Wildman–Crippen MR) is 101 cm³/mol. The van der Waals surface area contributed by atoms with Crippen molar-refractivity contribution in [3.05, 3.63) is 57.6 Å². The van der Waals surface area contributed by atoms with Gasteiger partial charge in [-0.05, 0) is 69.7 Å². The lowest BCUT2D eigenvalue weighted by Crippen LogP contribution is -2.33. The molecule has 0 spiro atoms. The molecule has 0 saturated carbocycles. The van der Waals surface area contributed by atoms with Gasteiger partial charge in [-0.15, -0.1) is 0 Å². The smallest absolute Gasteiger partial charge is 0.0682 e. The van der Waals surface area contributed by atoms with Gasteiger partial charge >= 0.3 is 0 Å². The third kappa shape index (κ3) is 3.12. The van der Waals surface area contributed by atoms with Crippen LogP contribution in [0.3, 0.4) is 0 Å². The number of fused-ring (bicyclic) bond motifs is 1. The summed E-state index contributed by atoms with van der Waals surface area (Å²) in [6.45, 7) is 9.47. The number of benzene rings is 2. The van der Waals surface area contributed by atoms with Gasteiger partial charge in [0.15, 0.2) is 0 Å². The van der Waals surface area contributed by atoms with Crippen molar-refractivity contribution in [3.8, 4) is 11.1 Å². The Balaban J connectivity index is 2.16. The number of rotatable bonds is 2. The van der Waals surface area contributed by atoms with Gasteiger partial charge in [0, 0.05) is 4.47 Å². The lowest BCUT2D eigenvalue weighted by atomic mass is 9.63. The van der Waals surface area contributed by atoms with E-state index in [0.29, 0.717) is 0 Å². The molecular weight excluding hydrogens is 348 g/mol. The predicted octanol–water partition coefficient (Wildman–Crippen LogP) is 5.96. The Morgan fingerprint density at radius 2 is 1.52 bits per heavy atom. The lowest BCUT2D eigenvalue weighted by Gasteiger charge is -2.42. The highest BCUT2D eigenvalue weighted by Gasteiger charge is 2.36. The first-order valence-electron chi connectivity index (χ1n) is 8.29. The molecule has 0 atom stereocenters. The normalized spacial score (nSPS) is 18.5. The summed E-state index contributed by atoms with van der Waals surface area (Å²) in [7, 11) is 0. The van der Waals surface area contributed by atoms with Gasteiger partial charge < -0.3 is 5.11 Å². The quantitative estimate of drug-likeness (QED) is 0.689. The molecule has 0 saturated heterocycles. The van der Waals surface area contributed by atoms with Gasteiger partial charge in [-0.2, -0.15) is 0 Å². The van der Waals surface area contributed by atoms with Crippen LogP contribution in [0, 0.1) is 0 Å². The van der Waals surface area contributed by atoms with Gasteiger partial charge in [-0.25, -0.2) is 0 Å². The number of hydrogen-bond donors (Lipinski definition) is 1.